The number of ether oxygens (including phenoxy) is 2. The van der Waals surface area contributed by atoms with E-state index < -0.39 is 6.10 Å². The Morgan fingerprint density at radius 2 is 2.05 bits per heavy atom. The smallest absolute Gasteiger partial charge is 0.260 e. The van der Waals surface area contributed by atoms with E-state index in [1.165, 1.54) is 0 Å². The largest absolute Gasteiger partial charge is 0.484 e. The van der Waals surface area contributed by atoms with Crippen molar-refractivity contribution >= 4 is 5.91 Å². The molecule has 0 radical (unpaired) electrons. The number of amides is 1. The van der Waals surface area contributed by atoms with Crippen molar-refractivity contribution in [3.63, 3.8) is 0 Å². The molecule has 0 unspecified atom stereocenters. The summed E-state index contributed by atoms with van der Waals surface area (Å²) in [6.45, 7) is -0.0264. The maximum absolute atomic E-state index is 12.1. The molecule has 0 aromatic heterocycles. The number of methoxy groups -OCH3 is 1. The second-order valence-corrected chi connectivity index (χ2v) is 5.02. The minimum atomic E-state index is -0.634. The molecule has 5 heteroatoms. The number of benzene rings is 1. The third kappa shape index (κ3) is 3.29. The fourth-order valence-corrected chi connectivity index (χ4v) is 2.55. The summed E-state index contributed by atoms with van der Waals surface area (Å²) in [5.74, 6) is 0.519. The minimum Gasteiger partial charge on any atom is -0.484 e. The number of aliphatic hydroxyl groups excluding tert-OH is 1. The summed E-state index contributed by atoms with van der Waals surface area (Å²) in [6.07, 6.45) is 0.684. The number of nitrogens with zero attached hydrogens (tertiary/aromatic N) is 1. The van der Waals surface area contributed by atoms with Crippen LogP contribution in [0.1, 0.15) is 12.8 Å². The molecular weight excluding hydrogens is 258 g/mol. The van der Waals surface area contributed by atoms with E-state index in [2.05, 4.69) is 0 Å². The molecule has 1 saturated carbocycles. The standard InChI is InChI=1S/C15H21NO4/c1-16(12-8-9-13(19-2)15(12)18)14(17)10-20-11-6-4-3-5-7-11/h3-7,12-13,15,18H,8-10H2,1-2H3/t12-,13-,15-/m1/s1. The van der Waals surface area contributed by atoms with Gasteiger partial charge in [0.05, 0.1) is 12.1 Å². The molecule has 1 aromatic rings. The summed E-state index contributed by atoms with van der Waals surface area (Å²) >= 11 is 0. The van der Waals surface area contributed by atoms with E-state index in [0.29, 0.717) is 5.75 Å². The zero-order valence-corrected chi connectivity index (χ0v) is 11.9. The van der Waals surface area contributed by atoms with Gasteiger partial charge in [-0.25, -0.2) is 0 Å². The summed E-state index contributed by atoms with van der Waals surface area (Å²) in [7, 11) is 3.28. The summed E-state index contributed by atoms with van der Waals surface area (Å²) in [6, 6.07) is 9.01. The Kier molecular flexibility index (Phi) is 4.98. The first kappa shape index (κ1) is 14.8. The highest BCUT2D eigenvalue weighted by Crippen LogP contribution is 2.26. The van der Waals surface area contributed by atoms with Gasteiger partial charge in [-0.05, 0) is 25.0 Å². The van der Waals surface area contributed by atoms with E-state index in [4.69, 9.17) is 9.47 Å². The first-order valence-corrected chi connectivity index (χ1v) is 6.78. The van der Waals surface area contributed by atoms with Crippen molar-refractivity contribution in [1.82, 2.24) is 4.90 Å². The zero-order valence-electron chi connectivity index (χ0n) is 11.9. The average molecular weight is 279 g/mol. The Labute approximate surface area is 119 Å². The number of likely N-dealkylation sites (N-methyl/N-ethyl adjacent to an activating group) is 1. The predicted octanol–water partition coefficient (Wildman–Crippen LogP) is 1.06. The molecule has 0 spiro atoms. The number of rotatable bonds is 5. The van der Waals surface area contributed by atoms with Crippen molar-refractivity contribution in [2.24, 2.45) is 0 Å². The van der Waals surface area contributed by atoms with E-state index in [0.717, 1.165) is 12.8 Å². The van der Waals surface area contributed by atoms with Crippen molar-refractivity contribution in [3.05, 3.63) is 30.3 Å². The van der Waals surface area contributed by atoms with Gasteiger partial charge in [0.15, 0.2) is 6.61 Å². The summed E-state index contributed by atoms with van der Waals surface area (Å²) in [5, 5.41) is 10.1. The topological polar surface area (TPSA) is 59.0 Å². The highest BCUT2D eigenvalue weighted by molar-refractivity contribution is 5.78. The minimum absolute atomic E-state index is 0.0264. The molecule has 0 bridgehead atoms. The van der Waals surface area contributed by atoms with Gasteiger partial charge in [-0.15, -0.1) is 0 Å². The molecule has 2 rings (SSSR count). The lowest BCUT2D eigenvalue weighted by atomic mass is 10.2. The highest BCUT2D eigenvalue weighted by atomic mass is 16.5. The van der Waals surface area contributed by atoms with Crippen LogP contribution in [-0.2, 0) is 9.53 Å². The number of hydrogen-bond acceptors (Lipinski definition) is 4. The van der Waals surface area contributed by atoms with Crippen molar-refractivity contribution in [2.75, 3.05) is 20.8 Å². The Bertz CT molecular complexity index is 437. The summed E-state index contributed by atoms with van der Waals surface area (Å²) in [4.78, 5) is 13.7. The molecule has 1 aliphatic carbocycles. The first-order chi connectivity index (χ1) is 9.63. The molecular formula is C15H21NO4. The van der Waals surface area contributed by atoms with Gasteiger partial charge in [0.2, 0.25) is 0 Å². The van der Waals surface area contributed by atoms with Gasteiger partial charge in [-0.1, -0.05) is 18.2 Å². The van der Waals surface area contributed by atoms with Gasteiger partial charge in [0.25, 0.3) is 5.91 Å². The molecule has 110 valence electrons. The van der Waals surface area contributed by atoms with Crippen LogP contribution in [-0.4, -0.2) is 54.9 Å². The highest BCUT2D eigenvalue weighted by Gasteiger charge is 2.38. The van der Waals surface area contributed by atoms with Gasteiger partial charge >= 0.3 is 0 Å². The lowest BCUT2D eigenvalue weighted by Crippen LogP contribution is -2.46. The van der Waals surface area contributed by atoms with Gasteiger partial charge in [-0.2, -0.15) is 0 Å². The molecule has 1 amide bonds. The average Bonchev–Trinajstić information content (AvgIpc) is 2.86. The molecule has 1 aliphatic rings. The lowest BCUT2D eigenvalue weighted by molar-refractivity contribution is -0.136. The fourth-order valence-electron chi connectivity index (χ4n) is 2.55. The number of para-hydroxylation sites is 1. The predicted molar refractivity (Wildman–Crippen MR) is 74.5 cm³/mol. The van der Waals surface area contributed by atoms with Gasteiger partial charge in [0, 0.05) is 14.2 Å². The van der Waals surface area contributed by atoms with E-state index in [9.17, 15) is 9.90 Å². The molecule has 1 fully saturated rings. The summed E-state index contributed by atoms with van der Waals surface area (Å²) < 4.78 is 10.6. The van der Waals surface area contributed by atoms with E-state index in [1.807, 2.05) is 18.2 Å². The molecule has 3 atom stereocenters. The van der Waals surface area contributed by atoms with Crippen LogP contribution < -0.4 is 4.74 Å². The van der Waals surface area contributed by atoms with Crippen molar-refractivity contribution in [3.8, 4) is 5.75 Å². The normalized spacial score (nSPS) is 25.4. The third-order valence-corrected chi connectivity index (χ3v) is 3.82. The van der Waals surface area contributed by atoms with Gasteiger partial charge < -0.3 is 19.5 Å². The Morgan fingerprint density at radius 1 is 1.35 bits per heavy atom. The third-order valence-electron chi connectivity index (χ3n) is 3.82. The van der Waals surface area contributed by atoms with Gasteiger partial charge in [-0.3, -0.25) is 4.79 Å². The molecule has 1 aromatic carbocycles. The van der Waals surface area contributed by atoms with Crippen molar-refractivity contribution in [2.45, 2.75) is 31.1 Å². The van der Waals surface area contributed by atoms with Crippen molar-refractivity contribution in [1.29, 1.82) is 0 Å². The Hall–Kier alpha value is -1.59. The van der Waals surface area contributed by atoms with E-state index in [-0.39, 0.29) is 24.7 Å². The van der Waals surface area contributed by atoms with Crippen LogP contribution in [0.3, 0.4) is 0 Å². The molecule has 0 aliphatic heterocycles. The maximum Gasteiger partial charge on any atom is 0.260 e. The maximum atomic E-state index is 12.1. The van der Waals surface area contributed by atoms with Crippen LogP contribution in [0, 0.1) is 0 Å². The Morgan fingerprint density at radius 3 is 2.65 bits per heavy atom. The van der Waals surface area contributed by atoms with Crippen LogP contribution >= 0.6 is 0 Å². The van der Waals surface area contributed by atoms with Crippen LogP contribution in [0.5, 0.6) is 5.75 Å². The Balaban J connectivity index is 1.86. The fraction of sp³-hybridized carbons (Fsp3) is 0.533. The van der Waals surface area contributed by atoms with E-state index in [1.54, 1.807) is 31.2 Å². The van der Waals surface area contributed by atoms with Crippen molar-refractivity contribution < 1.29 is 19.4 Å². The van der Waals surface area contributed by atoms with Crippen LogP contribution in [0.4, 0.5) is 0 Å². The molecule has 20 heavy (non-hydrogen) atoms. The number of carbonyl (C=O) groups excluding carboxylic acids is 1. The number of carbonyl (C=O) groups is 1. The van der Waals surface area contributed by atoms with Gasteiger partial charge in [0.1, 0.15) is 11.9 Å². The number of aliphatic hydroxyl groups is 1. The van der Waals surface area contributed by atoms with Crippen LogP contribution in [0.2, 0.25) is 0 Å². The van der Waals surface area contributed by atoms with Crippen LogP contribution in [0.25, 0.3) is 0 Å². The lowest BCUT2D eigenvalue weighted by Gasteiger charge is -2.28. The second kappa shape index (κ2) is 6.72. The molecule has 0 saturated heterocycles. The zero-order chi connectivity index (χ0) is 14.5. The monoisotopic (exact) mass is 279 g/mol. The number of hydrogen-bond donors (Lipinski definition) is 1. The molecule has 1 N–H and O–H groups in total. The first-order valence-electron chi connectivity index (χ1n) is 6.78. The molecule has 0 heterocycles. The SMILES string of the molecule is CO[C@@H]1CC[C@@H](N(C)C(=O)COc2ccccc2)[C@H]1O. The summed E-state index contributed by atoms with van der Waals surface area (Å²) in [5.41, 5.74) is 0. The quantitative estimate of drug-likeness (QED) is 0.875. The van der Waals surface area contributed by atoms with Crippen LogP contribution in [0.15, 0.2) is 30.3 Å². The van der Waals surface area contributed by atoms with E-state index >= 15 is 0 Å². The molecule has 5 nitrogen and oxygen atoms in total. The second-order valence-electron chi connectivity index (χ2n) is 5.02.